The minimum Gasteiger partial charge on any atom is -0.491 e. The van der Waals surface area contributed by atoms with Crippen molar-refractivity contribution in [1.82, 2.24) is 5.48 Å². The molecule has 190 valence electrons. The number of sulfone groups is 1. The second kappa shape index (κ2) is 12.9. The molecule has 1 unspecified atom stereocenters. The van der Waals surface area contributed by atoms with Gasteiger partial charge in [-0.15, -0.1) is 0 Å². The average molecular weight is 512 g/mol. The Labute approximate surface area is 211 Å². The van der Waals surface area contributed by atoms with Crippen LogP contribution < -0.4 is 10.2 Å². The molecule has 9 heteroatoms. The van der Waals surface area contributed by atoms with Crippen LogP contribution in [0.2, 0.25) is 0 Å². The zero-order valence-electron chi connectivity index (χ0n) is 19.9. The number of benzene rings is 3. The summed E-state index contributed by atoms with van der Waals surface area (Å²) < 4.78 is 36.2. The lowest BCUT2D eigenvalue weighted by Gasteiger charge is -2.13. The summed E-state index contributed by atoms with van der Waals surface area (Å²) >= 11 is 0. The van der Waals surface area contributed by atoms with Crippen molar-refractivity contribution < 1.29 is 32.6 Å². The van der Waals surface area contributed by atoms with E-state index < -0.39 is 21.9 Å². The predicted molar refractivity (Wildman–Crippen MR) is 135 cm³/mol. The molecule has 0 aliphatic heterocycles. The van der Waals surface area contributed by atoms with Gasteiger partial charge in [-0.05, 0) is 54.4 Å². The van der Waals surface area contributed by atoms with E-state index in [-0.39, 0.29) is 29.4 Å². The van der Waals surface area contributed by atoms with Crippen molar-refractivity contribution in [3.05, 3.63) is 96.6 Å². The summed E-state index contributed by atoms with van der Waals surface area (Å²) in [4.78, 5) is 17.0. The van der Waals surface area contributed by atoms with Crippen molar-refractivity contribution in [2.75, 3.05) is 19.8 Å². The molecular weight excluding hydrogens is 482 g/mol. The summed E-state index contributed by atoms with van der Waals surface area (Å²) in [5.74, 6) is -0.365. The molecule has 0 saturated carbocycles. The largest absolute Gasteiger partial charge is 0.491 e. The highest BCUT2D eigenvalue weighted by Crippen LogP contribution is 2.22. The van der Waals surface area contributed by atoms with E-state index in [9.17, 15) is 18.3 Å². The minimum atomic E-state index is -3.58. The third-order valence-electron chi connectivity index (χ3n) is 5.20. The van der Waals surface area contributed by atoms with Crippen LogP contribution in [0.4, 0.5) is 0 Å². The topological polar surface area (TPSA) is 111 Å². The molecule has 8 nitrogen and oxygen atoms in total. The van der Waals surface area contributed by atoms with Gasteiger partial charge in [-0.2, -0.15) is 0 Å². The quantitative estimate of drug-likeness (QED) is 0.246. The van der Waals surface area contributed by atoms with Crippen molar-refractivity contribution in [1.29, 1.82) is 0 Å². The van der Waals surface area contributed by atoms with E-state index in [4.69, 9.17) is 14.3 Å². The lowest BCUT2D eigenvalue weighted by molar-refractivity contribution is -0.149. The number of aliphatic carboxylic acids is 1. The van der Waals surface area contributed by atoms with E-state index >= 15 is 0 Å². The zero-order valence-corrected chi connectivity index (χ0v) is 20.7. The van der Waals surface area contributed by atoms with Crippen LogP contribution in [0.25, 0.3) is 5.70 Å². The molecule has 0 radical (unpaired) electrons. The highest BCUT2D eigenvalue weighted by molar-refractivity contribution is 7.91. The molecule has 0 saturated heterocycles. The first-order chi connectivity index (χ1) is 17.3. The van der Waals surface area contributed by atoms with Crippen LogP contribution in [0.3, 0.4) is 0 Å². The predicted octanol–water partition coefficient (Wildman–Crippen LogP) is 4.12. The molecule has 3 aromatic carbocycles. The van der Waals surface area contributed by atoms with Crippen molar-refractivity contribution in [2.45, 2.75) is 29.2 Å². The van der Waals surface area contributed by atoms with Crippen LogP contribution in [0.5, 0.6) is 5.75 Å². The molecule has 3 aromatic rings. The summed E-state index contributed by atoms with van der Waals surface area (Å²) in [5, 5.41) is 9.19. The normalized spacial score (nSPS) is 12.0. The SMILES string of the molecule is C=C(NOCCOc1ccc(CC(OCC)C(=O)O)cc1)c1ccc(S(=O)(=O)c2ccccc2)cc1. The lowest BCUT2D eigenvalue weighted by Crippen LogP contribution is -2.26. The van der Waals surface area contributed by atoms with Gasteiger partial charge in [0, 0.05) is 13.0 Å². The maximum Gasteiger partial charge on any atom is 0.333 e. The van der Waals surface area contributed by atoms with Crippen LogP contribution in [0, 0.1) is 0 Å². The number of rotatable bonds is 14. The molecule has 2 N–H and O–H groups in total. The molecule has 0 spiro atoms. The fourth-order valence-electron chi connectivity index (χ4n) is 3.32. The number of nitrogens with one attached hydrogen (secondary N) is 1. The fourth-order valence-corrected chi connectivity index (χ4v) is 4.61. The van der Waals surface area contributed by atoms with Crippen molar-refractivity contribution in [3.63, 3.8) is 0 Å². The zero-order chi connectivity index (χ0) is 26.0. The number of hydrogen-bond acceptors (Lipinski definition) is 7. The minimum absolute atomic E-state index is 0.196. The number of ether oxygens (including phenoxy) is 2. The first kappa shape index (κ1) is 26.9. The van der Waals surface area contributed by atoms with Gasteiger partial charge in [-0.25, -0.2) is 13.2 Å². The monoisotopic (exact) mass is 511 g/mol. The Kier molecular flexibility index (Phi) is 9.63. The van der Waals surface area contributed by atoms with Crippen LogP contribution in [0.1, 0.15) is 18.1 Å². The van der Waals surface area contributed by atoms with Crippen LogP contribution >= 0.6 is 0 Å². The van der Waals surface area contributed by atoms with Gasteiger partial charge >= 0.3 is 5.97 Å². The number of carboxylic acids is 1. The van der Waals surface area contributed by atoms with Gasteiger partial charge in [-0.1, -0.05) is 49.0 Å². The fraction of sp³-hybridized carbons (Fsp3) is 0.222. The molecule has 0 aliphatic rings. The molecule has 0 bridgehead atoms. The van der Waals surface area contributed by atoms with E-state index in [1.54, 1.807) is 73.7 Å². The molecule has 0 heterocycles. The Morgan fingerprint density at radius 3 is 2.19 bits per heavy atom. The van der Waals surface area contributed by atoms with Crippen LogP contribution in [-0.4, -0.2) is 45.4 Å². The van der Waals surface area contributed by atoms with E-state index in [1.807, 2.05) is 0 Å². The first-order valence-corrected chi connectivity index (χ1v) is 12.8. The molecule has 1 atom stereocenters. The number of carboxylic acid groups (broad SMARTS) is 1. The van der Waals surface area contributed by atoms with Crippen LogP contribution in [0.15, 0.2) is 95.2 Å². The number of hydrogen-bond donors (Lipinski definition) is 2. The average Bonchev–Trinajstić information content (AvgIpc) is 2.89. The molecule has 0 aromatic heterocycles. The Morgan fingerprint density at radius 2 is 1.58 bits per heavy atom. The first-order valence-electron chi connectivity index (χ1n) is 11.3. The standard InChI is InChI=1S/C27H29NO7S/c1-3-33-26(27(29)30)19-21-9-13-23(14-10-21)34-17-18-35-28-20(2)22-11-15-25(16-12-22)36(31,32)24-7-5-4-6-8-24/h4-16,26,28H,2-3,17-19H2,1H3,(H,29,30). The molecule has 36 heavy (non-hydrogen) atoms. The highest BCUT2D eigenvalue weighted by Gasteiger charge is 2.18. The van der Waals surface area contributed by atoms with Gasteiger partial charge in [0.15, 0.2) is 6.10 Å². The molecular formula is C27H29NO7S. The summed E-state index contributed by atoms with van der Waals surface area (Å²) in [5.41, 5.74) is 4.73. The molecule has 0 amide bonds. The van der Waals surface area contributed by atoms with Gasteiger partial charge in [-0.3, -0.25) is 10.3 Å². The summed E-state index contributed by atoms with van der Waals surface area (Å²) in [6.07, 6.45) is -0.601. The van der Waals surface area contributed by atoms with Gasteiger partial charge < -0.3 is 14.6 Å². The third kappa shape index (κ3) is 7.42. The van der Waals surface area contributed by atoms with E-state index in [0.717, 1.165) is 5.56 Å². The third-order valence-corrected chi connectivity index (χ3v) is 6.99. The van der Waals surface area contributed by atoms with Gasteiger partial charge in [0.1, 0.15) is 19.0 Å². The molecule has 3 rings (SSSR count). The van der Waals surface area contributed by atoms with Crippen molar-refractivity contribution >= 4 is 21.5 Å². The molecule has 0 aliphatic carbocycles. The Bertz CT molecular complexity index is 1240. The summed E-state index contributed by atoms with van der Waals surface area (Å²) in [6.45, 7) is 6.50. The Morgan fingerprint density at radius 1 is 0.944 bits per heavy atom. The number of hydroxylamine groups is 1. The van der Waals surface area contributed by atoms with E-state index in [2.05, 4.69) is 12.1 Å². The second-order valence-corrected chi connectivity index (χ2v) is 9.70. The summed E-state index contributed by atoms with van der Waals surface area (Å²) in [7, 11) is -3.58. The Balaban J connectivity index is 1.42. The smallest absolute Gasteiger partial charge is 0.333 e. The summed E-state index contributed by atoms with van der Waals surface area (Å²) in [6, 6.07) is 21.8. The van der Waals surface area contributed by atoms with E-state index in [0.29, 0.717) is 23.6 Å². The lowest BCUT2D eigenvalue weighted by atomic mass is 10.1. The van der Waals surface area contributed by atoms with Gasteiger partial charge in [0.2, 0.25) is 9.84 Å². The van der Waals surface area contributed by atoms with Gasteiger partial charge in [0.05, 0.1) is 15.5 Å². The highest BCUT2D eigenvalue weighted by atomic mass is 32.2. The molecule has 0 fully saturated rings. The van der Waals surface area contributed by atoms with E-state index in [1.165, 1.54) is 12.1 Å². The maximum atomic E-state index is 12.7. The Hall–Kier alpha value is -3.66. The maximum absolute atomic E-state index is 12.7. The van der Waals surface area contributed by atoms with Crippen molar-refractivity contribution in [3.8, 4) is 5.75 Å². The van der Waals surface area contributed by atoms with Crippen LogP contribution in [-0.2, 0) is 30.6 Å². The number of carbonyl (C=O) groups is 1. The second-order valence-electron chi connectivity index (χ2n) is 7.75. The van der Waals surface area contributed by atoms with Gasteiger partial charge in [0.25, 0.3) is 0 Å². The van der Waals surface area contributed by atoms with Crippen molar-refractivity contribution in [2.24, 2.45) is 0 Å².